The molecule has 8 nitrogen and oxygen atoms in total. The van der Waals surface area contributed by atoms with Crippen LogP contribution in [0.4, 0.5) is 0 Å². The van der Waals surface area contributed by atoms with E-state index in [0.29, 0.717) is 0 Å². The monoisotopic (exact) mass is 343 g/mol. The average molecular weight is 343 g/mol. The van der Waals surface area contributed by atoms with E-state index in [0.717, 1.165) is 12.8 Å². The highest BCUT2D eigenvalue weighted by molar-refractivity contribution is 5.86. The second kappa shape index (κ2) is 9.27. The number of esters is 2. The number of nitrogens with one attached hydrogen (secondary N) is 1. The molecule has 3 atom stereocenters. The molecule has 0 spiro atoms. The molecule has 0 aliphatic carbocycles. The zero-order chi connectivity index (χ0) is 18.3. The highest BCUT2D eigenvalue weighted by Gasteiger charge is 2.41. The molecule has 1 heterocycles. The Labute approximate surface area is 141 Å². The van der Waals surface area contributed by atoms with Gasteiger partial charge in [-0.3, -0.25) is 9.59 Å². The van der Waals surface area contributed by atoms with Gasteiger partial charge in [0.25, 0.3) is 0 Å². The van der Waals surface area contributed by atoms with E-state index in [2.05, 4.69) is 10.1 Å². The summed E-state index contributed by atoms with van der Waals surface area (Å²) in [7, 11) is 1.21. The van der Waals surface area contributed by atoms with Crippen molar-refractivity contribution in [2.24, 2.45) is 0 Å². The third kappa shape index (κ3) is 5.52. The second-order valence-electron chi connectivity index (χ2n) is 5.38. The van der Waals surface area contributed by atoms with E-state index in [1.54, 1.807) is 0 Å². The van der Waals surface area contributed by atoms with Gasteiger partial charge in [0, 0.05) is 19.9 Å². The minimum atomic E-state index is -0.984. The molecule has 1 aliphatic rings. The molecular formula is C16H25NO7. The van der Waals surface area contributed by atoms with Gasteiger partial charge < -0.3 is 24.3 Å². The van der Waals surface area contributed by atoms with Crippen LogP contribution in [0.1, 0.15) is 40.5 Å². The number of ether oxygens (including phenoxy) is 4. The van der Waals surface area contributed by atoms with Gasteiger partial charge in [-0.2, -0.15) is 0 Å². The van der Waals surface area contributed by atoms with E-state index >= 15 is 0 Å². The van der Waals surface area contributed by atoms with Gasteiger partial charge in [-0.25, -0.2) is 4.79 Å². The van der Waals surface area contributed by atoms with Crippen molar-refractivity contribution in [3.8, 4) is 0 Å². The number of methoxy groups -OCH3 is 1. The Bertz CT molecular complexity index is 499. The Morgan fingerprint density at radius 1 is 1.25 bits per heavy atom. The molecule has 1 amide bonds. The molecule has 0 aromatic heterocycles. The van der Waals surface area contributed by atoms with E-state index < -0.39 is 30.4 Å². The Morgan fingerprint density at radius 3 is 2.33 bits per heavy atom. The first-order valence-electron chi connectivity index (χ1n) is 7.88. The molecule has 0 aromatic rings. The van der Waals surface area contributed by atoms with Crippen molar-refractivity contribution in [1.82, 2.24) is 5.32 Å². The fourth-order valence-corrected chi connectivity index (χ4v) is 2.33. The number of hydrogen-bond donors (Lipinski definition) is 1. The molecule has 136 valence electrons. The third-order valence-corrected chi connectivity index (χ3v) is 3.50. The number of carbonyl (C=O) groups is 3. The average Bonchev–Trinajstić information content (AvgIpc) is 2.53. The van der Waals surface area contributed by atoms with Crippen molar-refractivity contribution >= 4 is 17.8 Å². The van der Waals surface area contributed by atoms with Gasteiger partial charge in [0.2, 0.25) is 18.0 Å². The van der Waals surface area contributed by atoms with Crippen LogP contribution in [0.2, 0.25) is 0 Å². The summed E-state index contributed by atoms with van der Waals surface area (Å²) in [5.41, 5.74) is 0. The summed E-state index contributed by atoms with van der Waals surface area (Å²) >= 11 is 0. The molecule has 0 bridgehead atoms. The van der Waals surface area contributed by atoms with Crippen LogP contribution in [0.3, 0.4) is 0 Å². The molecule has 1 rings (SSSR count). The van der Waals surface area contributed by atoms with E-state index in [9.17, 15) is 14.4 Å². The van der Waals surface area contributed by atoms with Gasteiger partial charge in [0.05, 0.1) is 13.2 Å². The van der Waals surface area contributed by atoms with E-state index in [4.69, 9.17) is 14.2 Å². The van der Waals surface area contributed by atoms with Crippen LogP contribution in [0, 0.1) is 0 Å². The Balaban J connectivity index is 3.15. The predicted molar refractivity (Wildman–Crippen MR) is 83.6 cm³/mol. The Kier molecular flexibility index (Phi) is 7.70. The summed E-state index contributed by atoms with van der Waals surface area (Å²) in [6.07, 6.45) is 0.717. The number of hydrogen-bond acceptors (Lipinski definition) is 7. The molecule has 0 fully saturated rings. The lowest BCUT2D eigenvalue weighted by Crippen LogP contribution is -2.56. The number of amides is 1. The summed E-state index contributed by atoms with van der Waals surface area (Å²) in [6, 6.07) is -0.777. The molecule has 0 radical (unpaired) electrons. The summed E-state index contributed by atoms with van der Waals surface area (Å²) in [5.74, 6) is -1.74. The molecule has 0 saturated carbocycles. The molecular weight excluding hydrogens is 318 g/mol. The van der Waals surface area contributed by atoms with Gasteiger partial charge in [0.1, 0.15) is 6.04 Å². The predicted octanol–water partition coefficient (Wildman–Crippen LogP) is 1.04. The van der Waals surface area contributed by atoms with Crippen molar-refractivity contribution in [3.63, 3.8) is 0 Å². The van der Waals surface area contributed by atoms with Crippen molar-refractivity contribution < 1.29 is 33.3 Å². The first-order valence-corrected chi connectivity index (χ1v) is 7.88. The fraction of sp³-hybridized carbons (Fsp3) is 0.688. The van der Waals surface area contributed by atoms with Crippen LogP contribution < -0.4 is 5.32 Å². The summed E-state index contributed by atoms with van der Waals surface area (Å²) in [6.45, 7) is 6.47. The molecule has 24 heavy (non-hydrogen) atoms. The second-order valence-corrected chi connectivity index (χ2v) is 5.38. The van der Waals surface area contributed by atoms with Gasteiger partial charge in [-0.1, -0.05) is 13.8 Å². The topological polar surface area (TPSA) is 100 Å². The normalized spacial score (nSPS) is 23.1. The summed E-state index contributed by atoms with van der Waals surface area (Å²) < 4.78 is 21.3. The fourth-order valence-electron chi connectivity index (χ4n) is 2.33. The molecule has 8 heteroatoms. The lowest BCUT2D eigenvalue weighted by molar-refractivity contribution is -0.199. The maximum atomic E-state index is 11.8. The summed E-state index contributed by atoms with van der Waals surface area (Å²) in [5, 5.41) is 2.66. The molecule has 1 N–H and O–H groups in total. The van der Waals surface area contributed by atoms with Gasteiger partial charge in [-0.05, 0) is 12.8 Å². The van der Waals surface area contributed by atoms with E-state index in [1.807, 2.05) is 13.8 Å². The number of carbonyl (C=O) groups excluding carboxylic acids is 3. The van der Waals surface area contributed by atoms with Crippen molar-refractivity contribution in [3.05, 3.63) is 11.8 Å². The van der Waals surface area contributed by atoms with E-state index in [1.165, 1.54) is 27.0 Å². The van der Waals surface area contributed by atoms with Crippen molar-refractivity contribution in [2.45, 2.75) is 65.1 Å². The van der Waals surface area contributed by atoms with Crippen LogP contribution in [0.5, 0.6) is 0 Å². The highest BCUT2D eigenvalue weighted by atomic mass is 16.7. The largest absolute Gasteiger partial charge is 0.463 e. The van der Waals surface area contributed by atoms with Crippen LogP contribution in [-0.2, 0) is 33.3 Å². The van der Waals surface area contributed by atoms with Gasteiger partial charge in [0.15, 0.2) is 6.10 Å². The first kappa shape index (κ1) is 20.0. The van der Waals surface area contributed by atoms with Crippen LogP contribution in [-0.4, -0.2) is 49.5 Å². The molecule has 0 aromatic carbocycles. The van der Waals surface area contributed by atoms with Crippen LogP contribution >= 0.6 is 0 Å². The maximum absolute atomic E-state index is 11.8. The van der Waals surface area contributed by atoms with Crippen LogP contribution in [0.15, 0.2) is 11.8 Å². The highest BCUT2D eigenvalue weighted by Crippen LogP contribution is 2.25. The lowest BCUT2D eigenvalue weighted by Gasteiger charge is -2.37. The third-order valence-electron chi connectivity index (χ3n) is 3.50. The van der Waals surface area contributed by atoms with Crippen molar-refractivity contribution in [2.75, 3.05) is 7.11 Å². The zero-order valence-electron chi connectivity index (χ0n) is 14.7. The molecule has 1 aliphatic heterocycles. The maximum Gasteiger partial charge on any atom is 0.373 e. The Morgan fingerprint density at radius 2 is 1.88 bits per heavy atom. The smallest absolute Gasteiger partial charge is 0.373 e. The van der Waals surface area contributed by atoms with Gasteiger partial charge >= 0.3 is 11.9 Å². The zero-order valence-corrected chi connectivity index (χ0v) is 14.7. The minimum Gasteiger partial charge on any atom is -0.463 e. The Hall–Kier alpha value is -2.09. The quantitative estimate of drug-likeness (QED) is 0.689. The molecule has 0 unspecified atom stereocenters. The summed E-state index contributed by atoms with van der Waals surface area (Å²) in [4.78, 5) is 34.7. The number of rotatable bonds is 7. The first-order chi connectivity index (χ1) is 11.3. The van der Waals surface area contributed by atoms with Crippen LogP contribution in [0.25, 0.3) is 0 Å². The molecule has 0 saturated heterocycles. The standard InChI is InChI=1S/C16H25NO7/c1-6-11(7-2)23-16-14(17-9(3)18)12(22-10(4)19)8-13(24-16)15(20)21-5/h8,11-12,14,16H,6-7H2,1-5H3,(H,17,18)/t12-,14+,16+/m0/s1. The van der Waals surface area contributed by atoms with Crippen molar-refractivity contribution in [1.29, 1.82) is 0 Å². The minimum absolute atomic E-state index is 0.124. The SMILES string of the molecule is CCC(CC)O[C@@H]1OC(C(=O)OC)=C[C@H](OC(C)=O)[C@H]1NC(C)=O. The van der Waals surface area contributed by atoms with E-state index in [-0.39, 0.29) is 17.8 Å². The lowest BCUT2D eigenvalue weighted by atomic mass is 10.1. The van der Waals surface area contributed by atoms with Gasteiger partial charge in [-0.15, -0.1) is 0 Å².